The molecule has 2 atom stereocenters. The summed E-state index contributed by atoms with van der Waals surface area (Å²) < 4.78 is 0. The molecule has 3 rings (SSSR count). The molecule has 1 N–H and O–H groups in total. The second-order valence-corrected chi connectivity index (χ2v) is 8.20. The van der Waals surface area contributed by atoms with Gasteiger partial charge in [0, 0.05) is 28.3 Å². The molecule has 2 saturated heterocycles. The van der Waals surface area contributed by atoms with Crippen molar-refractivity contribution in [3.8, 4) is 0 Å². The van der Waals surface area contributed by atoms with Gasteiger partial charge in [0.05, 0.1) is 12.6 Å². The standard InChI is InChI=1S/C14H18N2S3/c1-2-4-11(5-3-1)13-10-19-14(16-13)15-8-12-9-17-6-7-18-12/h1-5,12-13H,6-10H2,(H,15,16). The fourth-order valence-electron chi connectivity index (χ4n) is 2.18. The smallest absolute Gasteiger partial charge is 0.157 e. The number of hydrogen-bond donors (Lipinski definition) is 1. The Morgan fingerprint density at radius 1 is 1.16 bits per heavy atom. The Labute approximate surface area is 127 Å². The van der Waals surface area contributed by atoms with E-state index >= 15 is 0 Å². The summed E-state index contributed by atoms with van der Waals surface area (Å²) >= 11 is 6.00. The van der Waals surface area contributed by atoms with Gasteiger partial charge >= 0.3 is 0 Å². The number of amidine groups is 1. The first-order valence-electron chi connectivity index (χ1n) is 6.60. The second-order valence-electron chi connectivity index (χ2n) is 4.63. The van der Waals surface area contributed by atoms with E-state index in [9.17, 15) is 0 Å². The van der Waals surface area contributed by atoms with Crippen LogP contribution in [0.5, 0.6) is 0 Å². The van der Waals surface area contributed by atoms with Crippen LogP contribution in [0, 0.1) is 0 Å². The van der Waals surface area contributed by atoms with Gasteiger partial charge in [-0.2, -0.15) is 23.5 Å². The van der Waals surface area contributed by atoms with Crippen LogP contribution in [0.1, 0.15) is 11.6 Å². The molecule has 19 heavy (non-hydrogen) atoms. The lowest BCUT2D eigenvalue weighted by Gasteiger charge is -2.19. The van der Waals surface area contributed by atoms with Gasteiger partial charge in [-0.3, -0.25) is 4.99 Å². The molecular weight excluding hydrogens is 292 g/mol. The molecule has 0 spiro atoms. The topological polar surface area (TPSA) is 24.4 Å². The fourth-order valence-corrected chi connectivity index (χ4v) is 5.75. The Hall–Kier alpha value is -0.260. The highest BCUT2D eigenvalue weighted by molar-refractivity contribution is 8.14. The van der Waals surface area contributed by atoms with E-state index in [4.69, 9.17) is 4.99 Å². The zero-order valence-electron chi connectivity index (χ0n) is 10.7. The van der Waals surface area contributed by atoms with E-state index < -0.39 is 0 Å². The summed E-state index contributed by atoms with van der Waals surface area (Å²) in [6.45, 7) is 0.967. The van der Waals surface area contributed by atoms with Gasteiger partial charge in [0.15, 0.2) is 5.17 Å². The lowest BCUT2D eigenvalue weighted by atomic mass is 10.1. The molecule has 2 aliphatic heterocycles. The molecule has 2 unspecified atom stereocenters. The average molecular weight is 311 g/mol. The lowest BCUT2D eigenvalue weighted by Crippen LogP contribution is -2.22. The normalized spacial score (nSPS) is 29.4. The minimum absolute atomic E-state index is 0.429. The molecule has 0 bridgehead atoms. The average Bonchev–Trinajstić information content (AvgIpc) is 2.96. The van der Waals surface area contributed by atoms with Crippen LogP contribution in [0.4, 0.5) is 0 Å². The zero-order valence-corrected chi connectivity index (χ0v) is 13.2. The summed E-state index contributed by atoms with van der Waals surface area (Å²) in [5, 5.41) is 5.39. The molecule has 2 fully saturated rings. The fraction of sp³-hybridized carbons (Fsp3) is 0.500. The van der Waals surface area contributed by atoms with Crippen molar-refractivity contribution in [2.24, 2.45) is 4.99 Å². The van der Waals surface area contributed by atoms with E-state index in [1.165, 1.54) is 22.8 Å². The van der Waals surface area contributed by atoms with Crippen molar-refractivity contribution in [3.05, 3.63) is 35.9 Å². The highest BCUT2D eigenvalue weighted by Gasteiger charge is 2.22. The van der Waals surface area contributed by atoms with Crippen LogP contribution in [0.15, 0.2) is 35.3 Å². The van der Waals surface area contributed by atoms with E-state index in [1.54, 1.807) is 0 Å². The third-order valence-electron chi connectivity index (χ3n) is 3.21. The van der Waals surface area contributed by atoms with Crippen LogP contribution in [0.25, 0.3) is 0 Å². The molecule has 0 amide bonds. The quantitative estimate of drug-likeness (QED) is 0.926. The van der Waals surface area contributed by atoms with Crippen molar-refractivity contribution in [1.29, 1.82) is 0 Å². The Bertz CT molecular complexity index is 430. The molecule has 2 heterocycles. The van der Waals surface area contributed by atoms with Gasteiger partial charge in [-0.05, 0) is 5.56 Å². The van der Waals surface area contributed by atoms with E-state index in [0.29, 0.717) is 11.3 Å². The first-order valence-corrected chi connectivity index (χ1v) is 9.79. The number of benzene rings is 1. The number of nitrogens with zero attached hydrogens (tertiary/aromatic N) is 1. The summed E-state index contributed by atoms with van der Waals surface area (Å²) in [7, 11) is 0. The van der Waals surface area contributed by atoms with Crippen molar-refractivity contribution in [1.82, 2.24) is 5.32 Å². The van der Waals surface area contributed by atoms with Crippen molar-refractivity contribution in [2.45, 2.75) is 11.3 Å². The first-order chi connectivity index (χ1) is 9.42. The summed E-state index contributed by atoms with van der Waals surface area (Å²) in [5.74, 6) is 4.94. The second kappa shape index (κ2) is 6.95. The van der Waals surface area contributed by atoms with Crippen LogP contribution in [0.2, 0.25) is 0 Å². The molecule has 0 aromatic heterocycles. The van der Waals surface area contributed by atoms with Crippen molar-refractivity contribution < 1.29 is 0 Å². The molecular formula is C14H18N2S3. The number of rotatable bonds is 3. The molecule has 0 saturated carbocycles. The van der Waals surface area contributed by atoms with E-state index in [0.717, 1.165) is 17.5 Å². The van der Waals surface area contributed by atoms with Gasteiger partial charge in [-0.25, -0.2) is 0 Å². The number of aliphatic imine (C=N–C) groups is 1. The zero-order chi connectivity index (χ0) is 12.9. The highest BCUT2D eigenvalue weighted by atomic mass is 32.2. The van der Waals surface area contributed by atoms with Crippen molar-refractivity contribution in [2.75, 3.05) is 29.6 Å². The lowest BCUT2D eigenvalue weighted by molar-refractivity contribution is 0.748. The summed E-state index contributed by atoms with van der Waals surface area (Å²) in [5.41, 5.74) is 1.36. The molecule has 5 heteroatoms. The minimum atomic E-state index is 0.429. The van der Waals surface area contributed by atoms with E-state index in [-0.39, 0.29) is 0 Å². The van der Waals surface area contributed by atoms with Crippen molar-refractivity contribution >= 4 is 40.5 Å². The monoisotopic (exact) mass is 310 g/mol. The number of nitrogens with one attached hydrogen (secondary N) is 1. The summed E-state index contributed by atoms with van der Waals surface area (Å²) in [6.07, 6.45) is 0. The van der Waals surface area contributed by atoms with Crippen LogP contribution in [0.3, 0.4) is 0 Å². The Morgan fingerprint density at radius 2 is 2.05 bits per heavy atom. The third kappa shape index (κ3) is 3.86. The predicted molar refractivity (Wildman–Crippen MR) is 90.6 cm³/mol. The molecule has 2 aliphatic rings. The van der Waals surface area contributed by atoms with Crippen LogP contribution in [-0.2, 0) is 0 Å². The summed E-state index contributed by atoms with van der Waals surface area (Å²) in [4.78, 5) is 4.76. The molecule has 102 valence electrons. The minimum Gasteiger partial charge on any atom is -0.357 e. The molecule has 1 aromatic carbocycles. The van der Waals surface area contributed by atoms with Gasteiger partial charge in [-0.15, -0.1) is 0 Å². The van der Waals surface area contributed by atoms with Crippen LogP contribution < -0.4 is 5.32 Å². The number of hydrogen-bond acceptors (Lipinski definition) is 4. The maximum absolute atomic E-state index is 4.76. The van der Waals surface area contributed by atoms with Crippen LogP contribution >= 0.6 is 35.3 Å². The van der Waals surface area contributed by atoms with Gasteiger partial charge in [-0.1, -0.05) is 42.1 Å². The van der Waals surface area contributed by atoms with E-state index in [1.807, 2.05) is 11.8 Å². The highest BCUT2D eigenvalue weighted by Crippen LogP contribution is 2.27. The molecule has 2 nitrogen and oxygen atoms in total. The van der Waals surface area contributed by atoms with Gasteiger partial charge in [0.1, 0.15) is 0 Å². The molecule has 0 aliphatic carbocycles. The maximum atomic E-state index is 4.76. The van der Waals surface area contributed by atoms with Gasteiger partial charge in [0.25, 0.3) is 0 Å². The molecule has 1 aromatic rings. The summed E-state index contributed by atoms with van der Waals surface area (Å²) in [6, 6.07) is 11.1. The third-order valence-corrected chi connectivity index (χ3v) is 7.06. The van der Waals surface area contributed by atoms with Gasteiger partial charge in [0.2, 0.25) is 0 Å². The van der Waals surface area contributed by atoms with Crippen molar-refractivity contribution in [3.63, 3.8) is 0 Å². The Kier molecular flexibility index (Phi) is 5.02. The maximum Gasteiger partial charge on any atom is 0.157 e. The SMILES string of the molecule is c1ccc(C2CSC(=NCC3CSCCS3)N2)cc1. The number of thioether (sulfide) groups is 3. The van der Waals surface area contributed by atoms with Crippen LogP contribution in [-0.4, -0.2) is 40.0 Å². The largest absolute Gasteiger partial charge is 0.357 e. The Morgan fingerprint density at radius 3 is 2.84 bits per heavy atom. The first kappa shape index (κ1) is 13.7. The Balaban J connectivity index is 1.53. The molecule has 0 radical (unpaired) electrons. The predicted octanol–water partition coefficient (Wildman–Crippen LogP) is 3.27. The van der Waals surface area contributed by atoms with E-state index in [2.05, 4.69) is 59.2 Å². The van der Waals surface area contributed by atoms with Gasteiger partial charge < -0.3 is 5.32 Å².